The molecule has 0 spiro atoms. The van der Waals surface area contributed by atoms with E-state index in [0.29, 0.717) is 5.65 Å². The normalized spacial score (nSPS) is 12.4. The minimum atomic E-state index is -1.25. The zero-order chi connectivity index (χ0) is 16.4. The number of amides is 1. The lowest BCUT2D eigenvalue weighted by Crippen LogP contribution is -2.40. The number of fused-ring (bicyclic) bond motifs is 1. The van der Waals surface area contributed by atoms with Gasteiger partial charge >= 0.3 is 0 Å². The number of likely N-dealkylation sites (N-methyl/N-ethyl adjacent to an activating group) is 1. The van der Waals surface area contributed by atoms with E-state index in [1.165, 1.54) is 36.8 Å². The van der Waals surface area contributed by atoms with E-state index in [4.69, 9.17) is 5.11 Å². The molecule has 0 bridgehead atoms. The van der Waals surface area contributed by atoms with Crippen molar-refractivity contribution < 1.29 is 14.7 Å². The molecule has 1 atom stereocenters. The third-order valence-electron chi connectivity index (χ3n) is 3.23. The highest BCUT2D eigenvalue weighted by Crippen LogP contribution is 2.11. The Morgan fingerprint density at radius 3 is 2.64 bits per heavy atom. The predicted molar refractivity (Wildman–Crippen MR) is 77.3 cm³/mol. The van der Waals surface area contributed by atoms with E-state index in [1.54, 1.807) is 0 Å². The van der Waals surface area contributed by atoms with Crippen molar-refractivity contribution in [2.75, 3.05) is 20.7 Å². The summed E-state index contributed by atoms with van der Waals surface area (Å²) in [7, 11) is 3.02. The van der Waals surface area contributed by atoms with Gasteiger partial charge in [-0.1, -0.05) is 0 Å². The number of Topliss-reactive ketones (excluding diaryl/α,β-unsaturated/α-hetero) is 1. The van der Waals surface area contributed by atoms with Gasteiger partial charge in [-0.3, -0.25) is 19.0 Å². The van der Waals surface area contributed by atoms with E-state index in [1.807, 2.05) is 0 Å². The van der Waals surface area contributed by atoms with Gasteiger partial charge in [-0.15, -0.1) is 0 Å². The number of ketones is 1. The fourth-order valence-electron chi connectivity index (χ4n) is 2.15. The zero-order valence-electron chi connectivity index (χ0n) is 12.6. The highest BCUT2D eigenvalue weighted by Gasteiger charge is 2.28. The number of hydrogen-bond acceptors (Lipinski definition) is 6. The Hall–Kier alpha value is -2.55. The summed E-state index contributed by atoms with van der Waals surface area (Å²) in [5.41, 5.74) is -0.223. The molecule has 1 amide bonds. The Kier molecular flexibility index (Phi) is 4.36. The second-order valence-electron chi connectivity index (χ2n) is 5.03. The number of nitrogens with zero attached hydrogens (tertiary/aromatic N) is 5. The van der Waals surface area contributed by atoms with E-state index in [9.17, 15) is 14.4 Å². The number of rotatable bonds is 5. The molecule has 2 aromatic rings. The lowest BCUT2D eigenvalue weighted by atomic mass is 10.1. The van der Waals surface area contributed by atoms with Crippen LogP contribution in [0.4, 0.5) is 0 Å². The largest absolute Gasteiger partial charge is 0.394 e. The van der Waals surface area contributed by atoms with Gasteiger partial charge < -0.3 is 10.0 Å². The van der Waals surface area contributed by atoms with Crippen molar-refractivity contribution in [2.24, 2.45) is 0 Å². The number of hydrogen-bond donors (Lipinski definition) is 1. The summed E-state index contributed by atoms with van der Waals surface area (Å²) >= 11 is 0. The smallest absolute Gasteiger partial charge is 0.265 e. The van der Waals surface area contributed by atoms with Crippen LogP contribution in [0.25, 0.3) is 11.0 Å². The minimum absolute atomic E-state index is 0.142. The minimum Gasteiger partial charge on any atom is -0.394 e. The van der Waals surface area contributed by atoms with Gasteiger partial charge in [-0.25, -0.2) is 9.67 Å². The molecule has 118 valence electrons. The molecule has 2 rings (SSSR count). The summed E-state index contributed by atoms with van der Waals surface area (Å²) in [6.07, 6.45) is 2.47. The Morgan fingerprint density at radius 2 is 2.09 bits per heavy atom. The molecule has 0 unspecified atom stereocenters. The van der Waals surface area contributed by atoms with Gasteiger partial charge in [0.1, 0.15) is 11.7 Å². The first kappa shape index (κ1) is 15.8. The highest BCUT2D eigenvalue weighted by atomic mass is 16.3. The number of aliphatic hydroxyl groups is 1. The van der Waals surface area contributed by atoms with Crippen LogP contribution < -0.4 is 5.56 Å². The number of carbonyl (C=O) groups excluding carboxylic acids is 2. The van der Waals surface area contributed by atoms with Crippen molar-refractivity contribution in [1.82, 2.24) is 24.2 Å². The van der Waals surface area contributed by atoms with Crippen molar-refractivity contribution in [1.29, 1.82) is 0 Å². The molecule has 9 heteroatoms. The van der Waals surface area contributed by atoms with Gasteiger partial charge in [0.2, 0.25) is 0 Å². The molecule has 0 radical (unpaired) electrons. The van der Waals surface area contributed by atoms with E-state index < -0.39 is 23.3 Å². The average Bonchev–Trinajstić information content (AvgIpc) is 2.85. The van der Waals surface area contributed by atoms with Crippen LogP contribution >= 0.6 is 0 Å². The zero-order valence-corrected chi connectivity index (χ0v) is 12.6. The maximum atomic E-state index is 12.5. The fourth-order valence-corrected chi connectivity index (χ4v) is 2.15. The van der Waals surface area contributed by atoms with Crippen LogP contribution in [0.3, 0.4) is 0 Å². The first-order chi connectivity index (χ1) is 10.4. The lowest BCUT2D eigenvalue weighted by molar-refractivity contribution is -0.137. The van der Waals surface area contributed by atoms with E-state index >= 15 is 0 Å². The first-order valence-electron chi connectivity index (χ1n) is 6.63. The van der Waals surface area contributed by atoms with Gasteiger partial charge in [0.15, 0.2) is 17.5 Å². The molecular formula is C13H17N5O4. The van der Waals surface area contributed by atoms with E-state index in [0.717, 1.165) is 10.9 Å². The predicted octanol–water partition coefficient (Wildman–Crippen LogP) is -1.20. The number of aromatic nitrogens is 4. The van der Waals surface area contributed by atoms with Crippen LogP contribution in [-0.2, 0) is 16.1 Å². The summed E-state index contributed by atoms with van der Waals surface area (Å²) in [4.78, 5) is 41.8. The van der Waals surface area contributed by atoms with Crippen LogP contribution in [0.5, 0.6) is 0 Å². The molecule has 0 fully saturated rings. The number of aliphatic hydroxyl groups excluding tert-OH is 1. The molecule has 0 aromatic carbocycles. The van der Waals surface area contributed by atoms with E-state index in [-0.39, 0.29) is 18.5 Å². The van der Waals surface area contributed by atoms with Crippen LogP contribution in [0.15, 0.2) is 17.3 Å². The molecule has 0 aliphatic rings. The Morgan fingerprint density at radius 1 is 1.41 bits per heavy atom. The Labute approximate surface area is 125 Å². The van der Waals surface area contributed by atoms with Crippen molar-refractivity contribution >= 4 is 22.7 Å². The standard InChI is InChI=1S/C13H17N5O4/c1-8(20)10(13(22)16(2)3)17-7-14-11-9(12(17)21)6-15-18(11)4-5-19/h6-7,10,19H,4-5H2,1-3H3/t10-/m1/s1. The highest BCUT2D eigenvalue weighted by molar-refractivity contribution is 6.02. The quantitative estimate of drug-likeness (QED) is 0.695. The van der Waals surface area contributed by atoms with Crippen molar-refractivity contribution in [3.63, 3.8) is 0 Å². The summed E-state index contributed by atoms with van der Waals surface area (Å²) < 4.78 is 2.40. The first-order valence-corrected chi connectivity index (χ1v) is 6.63. The molecule has 0 aliphatic carbocycles. The lowest BCUT2D eigenvalue weighted by Gasteiger charge is -2.19. The van der Waals surface area contributed by atoms with E-state index in [2.05, 4.69) is 10.1 Å². The van der Waals surface area contributed by atoms with Gasteiger partial charge in [-0.2, -0.15) is 5.10 Å². The average molecular weight is 307 g/mol. The summed E-state index contributed by atoms with van der Waals surface area (Å²) in [5, 5.41) is 13.1. The Bertz CT molecular complexity index is 776. The molecule has 9 nitrogen and oxygen atoms in total. The third kappa shape index (κ3) is 2.62. The van der Waals surface area contributed by atoms with Crippen LogP contribution in [0.1, 0.15) is 13.0 Å². The van der Waals surface area contributed by atoms with Crippen LogP contribution in [-0.4, -0.2) is 61.7 Å². The molecule has 0 saturated heterocycles. The van der Waals surface area contributed by atoms with Gasteiger partial charge in [-0.05, 0) is 6.92 Å². The second kappa shape index (κ2) is 6.06. The third-order valence-corrected chi connectivity index (χ3v) is 3.23. The number of carbonyl (C=O) groups is 2. The fraction of sp³-hybridized carbons (Fsp3) is 0.462. The Balaban J connectivity index is 2.60. The van der Waals surface area contributed by atoms with Gasteiger partial charge in [0.05, 0.1) is 19.3 Å². The summed E-state index contributed by atoms with van der Waals surface area (Å²) in [6, 6.07) is -1.25. The van der Waals surface area contributed by atoms with Gasteiger partial charge in [0.25, 0.3) is 11.5 Å². The molecule has 22 heavy (non-hydrogen) atoms. The van der Waals surface area contributed by atoms with Crippen LogP contribution in [0.2, 0.25) is 0 Å². The van der Waals surface area contributed by atoms with Gasteiger partial charge in [0, 0.05) is 14.1 Å². The molecule has 2 heterocycles. The summed E-state index contributed by atoms with van der Waals surface area (Å²) in [5.74, 6) is -0.955. The molecular weight excluding hydrogens is 290 g/mol. The van der Waals surface area contributed by atoms with Crippen molar-refractivity contribution in [2.45, 2.75) is 19.5 Å². The van der Waals surface area contributed by atoms with Crippen molar-refractivity contribution in [3.8, 4) is 0 Å². The molecule has 0 aliphatic heterocycles. The topological polar surface area (TPSA) is 110 Å². The maximum Gasteiger partial charge on any atom is 0.265 e. The maximum absolute atomic E-state index is 12.5. The second-order valence-corrected chi connectivity index (χ2v) is 5.03. The van der Waals surface area contributed by atoms with Crippen LogP contribution in [0, 0.1) is 0 Å². The monoisotopic (exact) mass is 307 g/mol. The molecule has 1 N–H and O–H groups in total. The summed E-state index contributed by atoms with van der Waals surface area (Å²) in [6.45, 7) is 1.31. The van der Waals surface area contributed by atoms with Crippen molar-refractivity contribution in [3.05, 3.63) is 22.9 Å². The SMILES string of the molecule is CC(=O)[C@H](C(=O)N(C)C)n1cnc2c(cnn2CCO)c1=O. The molecule has 2 aromatic heterocycles. The molecule has 0 saturated carbocycles.